The van der Waals surface area contributed by atoms with Gasteiger partial charge >= 0.3 is 6.18 Å². The number of alkyl halides is 3. The Labute approximate surface area is 120 Å². The Bertz CT molecular complexity index is 660. The third-order valence-electron chi connectivity index (χ3n) is 3.04. The van der Waals surface area contributed by atoms with E-state index in [2.05, 4.69) is 5.32 Å². The van der Waals surface area contributed by atoms with Crippen molar-refractivity contribution in [2.75, 3.05) is 11.9 Å². The minimum Gasteiger partial charge on any atom is -0.383 e. The molecule has 0 radical (unpaired) electrons. The van der Waals surface area contributed by atoms with Crippen molar-refractivity contribution in [3.8, 4) is 0 Å². The van der Waals surface area contributed by atoms with Crippen LogP contribution in [-0.2, 0) is 12.7 Å². The molecule has 0 bridgehead atoms. The molecule has 2 aromatic rings. The van der Waals surface area contributed by atoms with E-state index in [9.17, 15) is 18.0 Å². The van der Waals surface area contributed by atoms with Crippen LogP contribution in [0.3, 0.4) is 0 Å². The van der Waals surface area contributed by atoms with Crippen LogP contribution >= 0.6 is 0 Å². The monoisotopic (exact) mass is 296 g/mol. The molecule has 3 nitrogen and oxygen atoms in total. The van der Waals surface area contributed by atoms with Crippen LogP contribution in [0.1, 0.15) is 11.1 Å². The molecule has 0 aliphatic heterocycles. The summed E-state index contributed by atoms with van der Waals surface area (Å²) in [5.41, 5.74) is 0.710. The molecule has 1 aromatic carbocycles. The standard InChI is InChI=1S/C15H15F3N2O/c1-11-2-5-13(6-3-11)19-8-9-20-10-12(15(16,17)18)4-7-14(20)21/h2-7,10,19H,8-9H2,1H3. The van der Waals surface area contributed by atoms with Crippen molar-refractivity contribution in [2.45, 2.75) is 19.6 Å². The summed E-state index contributed by atoms with van der Waals surface area (Å²) in [6, 6.07) is 9.35. The number of aryl methyl sites for hydroxylation is 1. The van der Waals surface area contributed by atoms with Crippen LogP contribution in [0, 0.1) is 6.92 Å². The predicted molar refractivity (Wildman–Crippen MR) is 75.4 cm³/mol. The number of hydrogen-bond acceptors (Lipinski definition) is 2. The second kappa shape index (κ2) is 6.03. The van der Waals surface area contributed by atoms with Crippen molar-refractivity contribution in [3.05, 3.63) is 64.1 Å². The molecule has 0 saturated heterocycles. The van der Waals surface area contributed by atoms with E-state index in [4.69, 9.17) is 0 Å². The highest BCUT2D eigenvalue weighted by atomic mass is 19.4. The summed E-state index contributed by atoms with van der Waals surface area (Å²) in [4.78, 5) is 11.6. The minimum absolute atomic E-state index is 0.163. The molecule has 1 heterocycles. The van der Waals surface area contributed by atoms with Gasteiger partial charge in [-0.25, -0.2) is 0 Å². The minimum atomic E-state index is -4.44. The highest BCUT2D eigenvalue weighted by molar-refractivity contribution is 5.44. The molecule has 6 heteroatoms. The lowest BCUT2D eigenvalue weighted by Gasteiger charge is -2.11. The van der Waals surface area contributed by atoms with E-state index < -0.39 is 17.3 Å². The van der Waals surface area contributed by atoms with Gasteiger partial charge < -0.3 is 9.88 Å². The van der Waals surface area contributed by atoms with Gasteiger partial charge in [-0.1, -0.05) is 17.7 Å². The smallest absolute Gasteiger partial charge is 0.383 e. The van der Waals surface area contributed by atoms with Gasteiger partial charge in [-0.2, -0.15) is 13.2 Å². The van der Waals surface area contributed by atoms with Crippen LogP contribution in [0.2, 0.25) is 0 Å². The second-order valence-electron chi connectivity index (χ2n) is 4.74. The molecule has 0 aliphatic rings. The quantitative estimate of drug-likeness (QED) is 0.939. The molecular formula is C15H15F3N2O. The van der Waals surface area contributed by atoms with Crippen molar-refractivity contribution in [3.63, 3.8) is 0 Å². The van der Waals surface area contributed by atoms with E-state index in [0.717, 1.165) is 34.1 Å². The first-order valence-corrected chi connectivity index (χ1v) is 6.44. The van der Waals surface area contributed by atoms with Crippen LogP contribution in [-0.4, -0.2) is 11.1 Å². The van der Waals surface area contributed by atoms with Crippen LogP contribution in [0.4, 0.5) is 18.9 Å². The van der Waals surface area contributed by atoms with Crippen molar-refractivity contribution >= 4 is 5.69 Å². The fourth-order valence-corrected chi connectivity index (χ4v) is 1.87. The maximum absolute atomic E-state index is 12.6. The Balaban J connectivity index is 2.03. The first kappa shape index (κ1) is 15.2. The van der Waals surface area contributed by atoms with Gasteiger partial charge in [0.1, 0.15) is 0 Å². The Kier molecular flexibility index (Phi) is 4.35. The average molecular weight is 296 g/mol. The van der Waals surface area contributed by atoms with Gasteiger partial charge in [-0.05, 0) is 25.1 Å². The van der Waals surface area contributed by atoms with E-state index in [1.165, 1.54) is 0 Å². The molecule has 21 heavy (non-hydrogen) atoms. The van der Waals surface area contributed by atoms with Gasteiger partial charge in [0.25, 0.3) is 5.56 Å². The summed E-state index contributed by atoms with van der Waals surface area (Å²) in [6.07, 6.45) is -3.60. The fraction of sp³-hybridized carbons (Fsp3) is 0.267. The highest BCUT2D eigenvalue weighted by Gasteiger charge is 2.30. The van der Waals surface area contributed by atoms with Crippen LogP contribution in [0.25, 0.3) is 0 Å². The molecule has 0 aliphatic carbocycles. The number of aromatic nitrogens is 1. The van der Waals surface area contributed by atoms with Crippen LogP contribution < -0.4 is 10.9 Å². The SMILES string of the molecule is Cc1ccc(NCCn2cc(C(F)(F)F)ccc2=O)cc1. The van der Waals surface area contributed by atoms with Gasteiger partial charge in [-0.15, -0.1) is 0 Å². The first-order valence-electron chi connectivity index (χ1n) is 6.44. The zero-order valence-corrected chi connectivity index (χ0v) is 11.4. The second-order valence-corrected chi connectivity index (χ2v) is 4.74. The zero-order chi connectivity index (χ0) is 15.5. The molecule has 0 fully saturated rings. The number of anilines is 1. The molecule has 2 rings (SSSR count). The topological polar surface area (TPSA) is 34.0 Å². The number of benzene rings is 1. The van der Waals surface area contributed by atoms with Gasteiger partial charge in [0.2, 0.25) is 0 Å². The summed E-state index contributed by atoms with van der Waals surface area (Å²) in [7, 11) is 0. The Morgan fingerprint density at radius 1 is 1.10 bits per heavy atom. The summed E-state index contributed by atoms with van der Waals surface area (Å²) in [6.45, 7) is 2.49. The Hall–Kier alpha value is -2.24. The highest BCUT2D eigenvalue weighted by Crippen LogP contribution is 2.27. The number of pyridine rings is 1. The van der Waals surface area contributed by atoms with E-state index >= 15 is 0 Å². The van der Waals surface area contributed by atoms with Gasteiger partial charge in [0, 0.05) is 31.0 Å². The van der Waals surface area contributed by atoms with E-state index in [1.807, 2.05) is 31.2 Å². The van der Waals surface area contributed by atoms with Gasteiger partial charge in [0.05, 0.1) is 5.56 Å². The first-order chi connectivity index (χ1) is 9.86. The number of nitrogens with zero attached hydrogens (tertiary/aromatic N) is 1. The van der Waals surface area contributed by atoms with Crippen LogP contribution in [0.5, 0.6) is 0 Å². The zero-order valence-electron chi connectivity index (χ0n) is 11.4. The molecule has 0 saturated carbocycles. The number of halogens is 3. The normalized spacial score (nSPS) is 11.4. The Morgan fingerprint density at radius 2 is 1.76 bits per heavy atom. The number of rotatable bonds is 4. The largest absolute Gasteiger partial charge is 0.417 e. The summed E-state index contributed by atoms with van der Waals surface area (Å²) in [5.74, 6) is 0. The molecule has 1 N–H and O–H groups in total. The fourth-order valence-electron chi connectivity index (χ4n) is 1.87. The van der Waals surface area contributed by atoms with Crippen molar-refractivity contribution in [1.82, 2.24) is 4.57 Å². The van der Waals surface area contributed by atoms with Crippen molar-refractivity contribution < 1.29 is 13.2 Å². The Morgan fingerprint density at radius 3 is 2.38 bits per heavy atom. The lowest BCUT2D eigenvalue weighted by molar-refractivity contribution is -0.138. The molecule has 0 amide bonds. The van der Waals surface area contributed by atoms with Gasteiger partial charge in [-0.3, -0.25) is 4.79 Å². The van der Waals surface area contributed by atoms with Crippen molar-refractivity contribution in [1.29, 1.82) is 0 Å². The summed E-state index contributed by atoms with van der Waals surface area (Å²) >= 11 is 0. The number of nitrogens with one attached hydrogen (secondary N) is 1. The van der Waals surface area contributed by atoms with Crippen molar-refractivity contribution in [2.24, 2.45) is 0 Å². The third kappa shape index (κ3) is 4.11. The molecule has 0 atom stereocenters. The molecule has 0 unspecified atom stereocenters. The van der Waals surface area contributed by atoms with E-state index in [1.54, 1.807) is 0 Å². The maximum atomic E-state index is 12.6. The average Bonchev–Trinajstić information content (AvgIpc) is 2.42. The number of hydrogen-bond donors (Lipinski definition) is 1. The third-order valence-corrected chi connectivity index (χ3v) is 3.04. The molecular weight excluding hydrogens is 281 g/mol. The molecule has 1 aromatic heterocycles. The maximum Gasteiger partial charge on any atom is 0.417 e. The lowest BCUT2D eigenvalue weighted by atomic mass is 10.2. The molecule has 0 spiro atoms. The van der Waals surface area contributed by atoms with Gasteiger partial charge in [0.15, 0.2) is 0 Å². The summed E-state index contributed by atoms with van der Waals surface area (Å²) < 4.78 is 38.8. The van der Waals surface area contributed by atoms with Crippen LogP contribution in [0.15, 0.2) is 47.4 Å². The molecule has 112 valence electrons. The lowest BCUT2D eigenvalue weighted by Crippen LogP contribution is -2.24. The predicted octanol–water partition coefficient (Wildman–Crippen LogP) is 3.29. The van der Waals surface area contributed by atoms with E-state index in [-0.39, 0.29) is 6.54 Å². The summed E-state index contributed by atoms with van der Waals surface area (Å²) in [5, 5.41) is 3.06. The van der Waals surface area contributed by atoms with E-state index in [0.29, 0.717) is 6.54 Å².